The molecule has 1 N–H and O–H groups in total. The molecule has 1 aliphatic rings. The van der Waals surface area contributed by atoms with E-state index in [1.807, 2.05) is 0 Å². The number of halogens is 2. The van der Waals surface area contributed by atoms with E-state index in [0.717, 1.165) is 0 Å². The summed E-state index contributed by atoms with van der Waals surface area (Å²) >= 11 is 9.15. The summed E-state index contributed by atoms with van der Waals surface area (Å²) in [5.74, 6) is 0.122. The van der Waals surface area contributed by atoms with Crippen LogP contribution in [-0.4, -0.2) is 27.5 Å². The first-order valence-corrected chi connectivity index (χ1v) is 9.90. The molecule has 0 aromatic heterocycles. The number of carbonyl (C=O) groups excluding carboxylic acids is 1. The van der Waals surface area contributed by atoms with Gasteiger partial charge in [-0.2, -0.15) is 0 Å². The Balaban J connectivity index is 2.03. The normalized spacial score (nSPS) is 17.0. The second kappa shape index (κ2) is 6.51. The molecule has 9 heteroatoms. The SMILES string of the molecule is CC1Oc2cc(S(=O)(=O)Nc3cccc(Cl)c3)c(Br)cc2N(C)C1=O. The molecule has 6 nitrogen and oxygen atoms in total. The van der Waals surface area contributed by atoms with Gasteiger partial charge in [0.15, 0.2) is 6.10 Å². The number of amides is 1. The third kappa shape index (κ3) is 3.47. The Morgan fingerprint density at radius 1 is 1.28 bits per heavy atom. The number of fused-ring (bicyclic) bond motifs is 1. The lowest BCUT2D eigenvalue weighted by Gasteiger charge is -2.30. The van der Waals surface area contributed by atoms with Crippen LogP contribution >= 0.6 is 27.5 Å². The molecule has 0 radical (unpaired) electrons. The number of benzene rings is 2. The maximum absolute atomic E-state index is 12.7. The van der Waals surface area contributed by atoms with E-state index in [1.165, 1.54) is 17.0 Å². The van der Waals surface area contributed by atoms with Gasteiger partial charge in [0.1, 0.15) is 10.6 Å². The van der Waals surface area contributed by atoms with Crippen LogP contribution in [0.4, 0.5) is 11.4 Å². The highest BCUT2D eigenvalue weighted by Crippen LogP contribution is 2.39. The van der Waals surface area contributed by atoms with E-state index in [4.69, 9.17) is 16.3 Å². The van der Waals surface area contributed by atoms with E-state index >= 15 is 0 Å². The molecule has 0 spiro atoms. The standard InChI is InChI=1S/C16H14BrClN2O4S/c1-9-16(21)20(2)13-7-12(17)15(8-14(13)24-9)25(22,23)19-11-5-3-4-10(18)6-11/h3-9,19H,1-2H3. The number of rotatable bonds is 3. The summed E-state index contributed by atoms with van der Waals surface area (Å²) in [7, 11) is -2.27. The Labute approximate surface area is 158 Å². The van der Waals surface area contributed by atoms with Crippen molar-refractivity contribution in [2.45, 2.75) is 17.9 Å². The van der Waals surface area contributed by atoms with Gasteiger partial charge in [0, 0.05) is 22.6 Å². The lowest BCUT2D eigenvalue weighted by atomic mass is 10.2. The summed E-state index contributed by atoms with van der Waals surface area (Å²) in [6.07, 6.45) is -0.685. The van der Waals surface area contributed by atoms with E-state index in [-0.39, 0.29) is 10.8 Å². The predicted molar refractivity (Wildman–Crippen MR) is 99.9 cm³/mol. The van der Waals surface area contributed by atoms with Crippen LogP contribution in [0.1, 0.15) is 6.92 Å². The molecule has 2 aromatic carbocycles. The zero-order valence-electron chi connectivity index (χ0n) is 13.3. The number of likely N-dealkylation sites (N-methyl/N-ethyl adjacent to an activating group) is 1. The largest absolute Gasteiger partial charge is 0.479 e. The monoisotopic (exact) mass is 444 g/mol. The van der Waals surface area contributed by atoms with Crippen LogP contribution in [-0.2, 0) is 14.8 Å². The van der Waals surface area contributed by atoms with Gasteiger partial charge in [0.2, 0.25) is 0 Å². The number of sulfonamides is 1. The Morgan fingerprint density at radius 2 is 2.00 bits per heavy atom. The molecular weight excluding hydrogens is 432 g/mol. The summed E-state index contributed by atoms with van der Waals surface area (Å²) in [6.45, 7) is 1.61. The first-order chi connectivity index (χ1) is 11.7. The van der Waals surface area contributed by atoms with Crippen LogP contribution in [0.5, 0.6) is 5.75 Å². The van der Waals surface area contributed by atoms with E-state index < -0.39 is 16.1 Å². The van der Waals surface area contributed by atoms with Crippen LogP contribution in [0.2, 0.25) is 5.02 Å². The minimum Gasteiger partial charge on any atom is -0.479 e. The van der Waals surface area contributed by atoms with Crippen LogP contribution in [0.25, 0.3) is 0 Å². The average molecular weight is 446 g/mol. The van der Waals surface area contributed by atoms with Gasteiger partial charge in [-0.15, -0.1) is 0 Å². The predicted octanol–water partition coefficient (Wildman–Crippen LogP) is 3.65. The maximum Gasteiger partial charge on any atom is 0.267 e. The maximum atomic E-state index is 12.7. The van der Waals surface area contributed by atoms with Gasteiger partial charge in [-0.3, -0.25) is 9.52 Å². The van der Waals surface area contributed by atoms with Crippen LogP contribution in [0.15, 0.2) is 45.8 Å². The van der Waals surface area contributed by atoms with E-state index in [1.54, 1.807) is 38.2 Å². The minimum atomic E-state index is -3.88. The number of hydrogen-bond donors (Lipinski definition) is 1. The van der Waals surface area contributed by atoms with E-state index in [9.17, 15) is 13.2 Å². The molecule has 1 atom stereocenters. The van der Waals surface area contributed by atoms with Crippen molar-refractivity contribution in [3.8, 4) is 5.75 Å². The smallest absolute Gasteiger partial charge is 0.267 e. The molecule has 0 saturated carbocycles. The van der Waals surface area contributed by atoms with E-state index in [0.29, 0.717) is 26.6 Å². The lowest BCUT2D eigenvalue weighted by molar-refractivity contribution is -0.125. The molecule has 1 aliphatic heterocycles. The number of nitrogens with one attached hydrogen (secondary N) is 1. The molecule has 1 unspecified atom stereocenters. The molecule has 0 bridgehead atoms. The number of hydrogen-bond acceptors (Lipinski definition) is 4. The fourth-order valence-corrected chi connectivity index (χ4v) is 4.77. The second-order valence-electron chi connectivity index (χ2n) is 5.52. The Morgan fingerprint density at radius 3 is 2.68 bits per heavy atom. The molecule has 25 heavy (non-hydrogen) atoms. The van der Waals surface area contributed by atoms with Crippen LogP contribution in [0.3, 0.4) is 0 Å². The van der Waals surface area contributed by atoms with Gasteiger partial charge < -0.3 is 9.64 Å². The quantitative estimate of drug-likeness (QED) is 0.782. The van der Waals surface area contributed by atoms with Crippen molar-refractivity contribution in [1.82, 2.24) is 0 Å². The highest BCUT2D eigenvalue weighted by Gasteiger charge is 2.31. The third-order valence-corrected chi connectivity index (χ3v) is 6.30. The second-order valence-corrected chi connectivity index (χ2v) is 8.47. The van der Waals surface area contributed by atoms with Gasteiger partial charge >= 0.3 is 0 Å². The number of ether oxygens (including phenoxy) is 1. The number of anilines is 2. The topological polar surface area (TPSA) is 75.7 Å². The van der Waals surface area contributed by atoms with Crippen molar-refractivity contribution < 1.29 is 17.9 Å². The van der Waals surface area contributed by atoms with Gasteiger partial charge in [-0.25, -0.2) is 8.42 Å². The van der Waals surface area contributed by atoms with Crippen molar-refractivity contribution in [3.05, 3.63) is 45.9 Å². The van der Waals surface area contributed by atoms with E-state index in [2.05, 4.69) is 20.7 Å². The summed E-state index contributed by atoms with van der Waals surface area (Å²) in [5.41, 5.74) is 0.843. The molecule has 2 aromatic rings. The lowest BCUT2D eigenvalue weighted by Crippen LogP contribution is -2.42. The van der Waals surface area contributed by atoms with Crippen molar-refractivity contribution in [2.24, 2.45) is 0 Å². The molecule has 1 amide bonds. The minimum absolute atomic E-state index is 0.00109. The summed E-state index contributed by atoms with van der Waals surface area (Å²) < 4.78 is 33.8. The summed E-state index contributed by atoms with van der Waals surface area (Å²) in [5, 5.41) is 0.419. The molecule has 1 heterocycles. The molecule has 3 rings (SSSR count). The number of nitrogens with zero attached hydrogens (tertiary/aromatic N) is 1. The first kappa shape index (κ1) is 18.0. The Kier molecular flexibility index (Phi) is 4.70. The zero-order valence-corrected chi connectivity index (χ0v) is 16.4. The molecule has 132 valence electrons. The molecule has 0 saturated heterocycles. The van der Waals surface area contributed by atoms with Crippen molar-refractivity contribution >= 4 is 54.8 Å². The zero-order chi connectivity index (χ0) is 18.4. The summed E-state index contributed by atoms with van der Waals surface area (Å²) in [6, 6.07) is 9.35. The van der Waals surface area contributed by atoms with Crippen LogP contribution < -0.4 is 14.4 Å². The highest BCUT2D eigenvalue weighted by molar-refractivity contribution is 9.10. The molecule has 0 aliphatic carbocycles. The Hall–Kier alpha value is -1.77. The van der Waals surface area contributed by atoms with Crippen molar-refractivity contribution in [2.75, 3.05) is 16.7 Å². The van der Waals surface area contributed by atoms with Crippen molar-refractivity contribution in [1.29, 1.82) is 0 Å². The molecular formula is C16H14BrClN2O4S. The van der Waals surface area contributed by atoms with Gasteiger partial charge in [0.25, 0.3) is 15.9 Å². The number of carbonyl (C=O) groups is 1. The Bertz CT molecular complexity index is 965. The average Bonchev–Trinajstić information content (AvgIpc) is 2.53. The fraction of sp³-hybridized carbons (Fsp3) is 0.188. The van der Waals surface area contributed by atoms with Gasteiger partial charge in [-0.05, 0) is 47.1 Å². The van der Waals surface area contributed by atoms with Gasteiger partial charge in [0.05, 0.1) is 11.4 Å². The first-order valence-electron chi connectivity index (χ1n) is 7.25. The summed E-state index contributed by atoms with van der Waals surface area (Å²) in [4.78, 5) is 13.4. The van der Waals surface area contributed by atoms with Crippen molar-refractivity contribution in [3.63, 3.8) is 0 Å². The fourth-order valence-electron chi connectivity index (χ4n) is 2.48. The van der Waals surface area contributed by atoms with Gasteiger partial charge in [-0.1, -0.05) is 17.7 Å². The molecule has 0 fully saturated rings. The highest BCUT2D eigenvalue weighted by atomic mass is 79.9. The van der Waals surface area contributed by atoms with Crippen LogP contribution in [0, 0.1) is 0 Å². The third-order valence-electron chi connectivity index (χ3n) is 3.72.